The average molecular weight is 464 g/mol. The molecule has 0 aliphatic carbocycles. The number of carbonyl (C=O) groups excluding carboxylic acids is 1. The highest BCUT2D eigenvalue weighted by atomic mass is 16.5. The normalized spacial score (nSPS) is 16.7. The number of phenols is 1. The number of hydrogen-bond donors (Lipinski definition) is 2. The van der Waals surface area contributed by atoms with Crippen LogP contribution >= 0.6 is 0 Å². The van der Waals surface area contributed by atoms with Gasteiger partial charge in [0.05, 0.1) is 31.1 Å². The summed E-state index contributed by atoms with van der Waals surface area (Å²) in [4.78, 5) is 26.4. The molecular weight excluding hydrogens is 444 g/mol. The van der Waals surface area contributed by atoms with Gasteiger partial charge < -0.3 is 33.6 Å². The van der Waals surface area contributed by atoms with Crippen LogP contribution in [-0.4, -0.2) is 36.5 Å². The third-order valence-corrected chi connectivity index (χ3v) is 5.66. The van der Waals surface area contributed by atoms with Crippen molar-refractivity contribution in [2.75, 3.05) is 19.5 Å². The number of phenolic OH excluding ortho intramolecular Hbond substituents is 1. The maximum atomic E-state index is 13.3. The Labute approximate surface area is 192 Å². The zero-order valence-electron chi connectivity index (χ0n) is 18.4. The van der Waals surface area contributed by atoms with Crippen molar-refractivity contribution in [1.82, 2.24) is 5.16 Å². The van der Waals surface area contributed by atoms with Crippen molar-refractivity contribution in [3.63, 3.8) is 0 Å². The van der Waals surface area contributed by atoms with E-state index in [1.165, 1.54) is 26.4 Å². The van der Waals surface area contributed by atoms with Gasteiger partial charge in [0.1, 0.15) is 17.1 Å². The number of nitrogens with zero attached hydrogens (tertiary/aromatic N) is 1. The summed E-state index contributed by atoms with van der Waals surface area (Å²) in [6.45, 7) is 1.69. The summed E-state index contributed by atoms with van der Waals surface area (Å²) in [5, 5.41) is 17.4. The third-order valence-electron chi connectivity index (χ3n) is 5.66. The number of aromatic hydroxyl groups is 1. The van der Waals surface area contributed by atoms with E-state index in [4.69, 9.17) is 23.2 Å². The fourth-order valence-electron chi connectivity index (χ4n) is 4.14. The monoisotopic (exact) mass is 464 g/mol. The predicted octanol–water partition coefficient (Wildman–Crippen LogP) is 3.34. The summed E-state index contributed by atoms with van der Waals surface area (Å²) >= 11 is 0. The van der Waals surface area contributed by atoms with Crippen molar-refractivity contribution in [2.45, 2.75) is 18.9 Å². The van der Waals surface area contributed by atoms with Crippen molar-refractivity contribution in [2.24, 2.45) is 0 Å². The van der Waals surface area contributed by atoms with Crippen molar-refractivity contribution in [1.29, 1.82) is 0 Å². The number of aromatic nitrogens is 1. The molecule has 4 aromatic rings. The number of fused-ring (bicyclic) bond motifs is 3. The molecule has 1 aliphatic heterocycles. The van der Waals surface area contributed by atoms with Gasteiger partial charge in [-0.2, -0.15) is 0 Å². The fraction of sp³-hybridized carbons (Fsp3) is 0.208. The van der Waals surface area contributed by atoms with Gasteiger partial charge in [0.25, 0.3) is 5.91 Å². The molecule has 3 heterocycles. The lowest BCUT2D eigenvalue weighted by Crippen LogP contribution is -2.35. The average Bonchev–Trinajstić information content (AvgIpc) is 3.43. The van der Waals surface area contributed by atoms with Gasteiger partial charge in [-0.25, -0.2) is 4.79 Å². The van der Waals surface area contributed by atoms with Gasteiger partial charge in [0.15, 0.2) is 23.4 Å². The van der Waals surface area contributed by atoms with Gasteiger partial charge in [0, 0.05) is 6.07 Å². The maximum Gasteiger partial charge on any atom is 0.344 e. The lowest BCUT2D eigenvalue weighted by atomic mass is 9.87. The Morgan fingerprint density at radius 3 is 2.47 bits per heavy atom. The molecule has 0 unspecified atom stereocenters. The number of anilines is 1. The molecule has 2 aromatic carbocycles. The molecule has 0 fully saturated rings. The lowest BCUT2D eigenvalue weighted by Gasteiger charge is -2.20. The van der Waals surface area contributed by atoms with Crippen molar-refractivity contribution < 1.29 is 33.1 Å². The van der Waals surface area contributed by atoms with Crippen LogP contribution in [0.5, 0.6) is 23.0 Å². The molecule has 0 radical (unpaired) electrons. The van der Waals surface area contributed by atoms with Crippen LogP contribution in [0.4, 0.5) is 5.82 Å². The van der Waals surface area contributed by atoms with Crippen molar-refractivity contribution >= 4 is 22.7 Å². The first-order valence-corrected chi connectivity index (χ1v) is 10.3. The molecule has 0 saturated carbocycles. The van der Waals surface area contributed by atoms with E-state index in [1.807, 2.05) is 0 Å². The van der Waals surface area contributed by atoms with E-state index in [1.54, 1.807) is 37.3 Å². The van der Waals surface area contributed by atoms with Crippen LogP contribution < -0.4 is 25.2 Å². The highest BCUT2D eigenvalue weighted by Crippen LogP contribution is 2.48. The molecule has 2 N–H and O–H groups in total. The largest absolute Gasteiger partial charge is 0.502 e. The minimum Gasteiger partial charge on any atom is -0.502 e. The Hall–Kier alpha value is -4.47. The minimum atomic E-state index is -1.17. The van der Waals surface area contributed by atoms with Gasteiger partial charge >= 0.3 is 5.63 Å². The summed E-state index contributed by atoms with van der Waals surface area (Å²) in [6.07, 6.45) is -1.17. The van der Waals surface area contributed by atoms with Gasteiger partial charge in [-0.1, -0.05) is 17.3 Å². The third kappa shape index (κ3) is 3.40. The molecule has 10 heteroatoms. The topological polar surface area (TPSA) is 133 Å². The van der Waals surface area contributed by atoms with Crippen LogP contribution in [0.2, 0.25) is 0 Å². The molecule has 1 amide bonds. The molecule has 10 nitrogen and oxygen atoms in total. The zero-order chi connectivity index (χ0) is 24.0. The first-order valence-electron chi connectivity index (χ1n) is 10.3. The Morgan fingerprint density at radius 1 is 1.12 bits per heavy atom. The Bertz CT molecular complexity index is 1450. The van der Waals surface area contributed by atoms with E-state index in [-0.39, 0.29) is 34.4 Å². The quantitative estimate of drug-likeness (QED) is 0.427. The molecule has 34 heavy (non-hydrogen) atoms. The van der Waals surface area contributed by atoms with Crippen LogP contribution in [0.15, 0.2) is 56.2 Å². The molecule has 2 atom stereocenters. The Kier molecular flexibility index (Phi) is 5.12. The molecule has 0 saturated heterocycles. The van der Waals surface area contributed by atoms with E-state index in [2.05, 4.69) is 10.5 Å². The summed E-state index contributed by atoms with van der Waals surface area (Å²) in [7, 11) is 2.77. The molecule has 174 valence electrons. The molecule has 0 bridgehead atoms. The van der Waals surface area contributed by atoms with Crippen LogP contribution in [0.3, 0.4) is 0 Å². The van der Waals surface area contributed by atoms with Gasteiger partial charge in [-0.3, -0.25) is 4.79 Å². The summed E-state index contributed by atoms with van der Waals surface area (Å²) in [5.41, 5.74) is 0.311. The van der Waals surface area contributed by atoms with E-state index in [9.17, 15) is 14.7 Å². The van der Waals surface area contributed by atoms with E-state index in [0.29, 0.717) is 22.3 Å². The Balaban J connectivity index is 1.70. The van der Waals surface area contributed by atoms with Crippen molar-refractivity contribution in [3.05, 3.63) is 69.8 Å². The maximum absolute atomic E-state index is 13.3. The number of benzene rings is 2. The predicted molar refractivity (Wildman–Crippen MR) is 120 cm³/mol. The second-order valence-electron chi connectivity index (χ2n) is 7.73. The first kappa shape index (κ1) is 21.4. The number of ether oxygens (including phenoxy) is 3. The van der Waals surface area contributed by atoms with E-state index in [0.717, 1.165) is 0 Å². The number of rotatable bonds is 5. The molecule has 5 rings (SSSR count). The smallest absolute Gasteiger partial charge is 0.344 e. The number of carbonyl (C=O) groups is 1. The summed E-state index contributed by atoms with van der Waals surface area (Å²) < 4.78 is 27.2. The van der Waals surface area contributed by atoms with Crippen LogP contribution in [0, 0.1) is 6.92 Å². The van der Waals surface area contributed by atoms with Crippen molar-refractivity contribution in [3.8, 4) is 23.0 Å². The van der Waals surface area contributed by atoms with Crippen LogP contribution in [0.25, 0.3) is 11.0 Å². The zero-order valence-corrected chi connectivity index (χ0v) is 18.4. The molecule has 1 aliphatic rings. The second kappa shape index (κ2) is 8.14. The van der Waals surface area contributed by atoms with Gasteiger partial charge in [0.2, 0.25) is 5.75 Å². The van der Waals surface area contributed by atoms with Crippen LogP contribution in [0.1, 0.15) is 22.8 Å². The summed E-state index contributed by atoms with van der Waals surface area (Å²) in [6, 6.07) is 11.5. The first-order chi connectivity index (χ1) is 16.4. The summed E-state index contributed by atoms with van der Waals surface area (Å²) in [5.74, 6) is -0.465. The molecule has 0 spiro atoms. The highest BCUT2D eigenvalue weighted by Gasteiger charge is 2.45. The van der Waals surface area contributed by atoms with Gasteiger partial charge in [-0.05, 0) is 36.8 Å². The second-order valence-corrected chi connectivity index (χ2v) is 7.73. The number of nitrogens with one attached hydrogen (secondary N) is 1. The number of hydrogen-bond acceptors (Lipinski definition) is 9. The fourth-order valence-corrected chi connectivity index (χ4v) is 4.14. The van der Waals surface area contributed by atoms with Gasteiger partial charge in [-0.15, -0.1) is 0 Å². The van der Waals surface area contributed by atoms with E-state index >= 15 is 0 Å². The molecular formula is C24H20N2O8. The number of para-hydroxylation sites is 1. The van der Waals surface area contributed by atoms with Crippen LogP contribution in [-0.2, 0) is 4.79 Å². The standard InChI is InChI=1S/C24H20N2O8/c1-11-8-17(26-34-11)25-23(28)22-18(12-9-15(30-2)20(27)16(10-12)31-3)19-21(33-22)13-6-4-5-7-14(13)32-24(19)29/h4-10,18,22,27H,1-3H3,(H,25,26,28)/t18-,22+/m1/s1. The SMILES string of the molecule is COc1cc([C@@H]2c3c(c4ccccc4oc3=O)O[C@@H]2C(=O)Nc2cc(C)on2)cc(OC)c1O. The Morgan fingerprint density at radius 2 is 1.82 bits per heavy atom. The lowest BCUT2D eigenvalue weighted by molar-refractivity contribution is -0.122. The number of aryl methyl sites for hydroxylation is 1. The highest BCUT2D eigenvalue weighted by molar-refractivity contribution is 5.97. The van der Waals surface area contributed by atoms with E-state index < -0.39 is 23.6 Å². The minimum absolute atomic E-state index is 0.110. The number of methoxy groups -OCH3 is 2. The number of amides is 1. The molecule has 2 aromatic heterocycles.